The number of rotatable bonds is 4. The summed E-state index contributed by atoms with van der Waals surface area (Å²) in [6.45, 7) is 7.06. The van der Waals surface area contributed by atoms with E-state index in [4.69, 9.17) is 5.11 Å². The van der Waals surface area contributed by atoms with Crippen molar-refractivity contribution < 1.29 is 9.90 Å². The van der Waals surface area contributed by atoms with Gasteiger partial charge < -0.3 is 5.11 Å². The Hall–Kier alpha value is -1.25. The van der Waals surface area contributed by atoms with Crippen LogP contribution in [-0.4, -0.2) is 11.0 Å². The van der Waals surface area contributed by atoms with Gasteiger partial charge in [0.2, 0.25) is 0 Å². The molecule has 0 fully saturated rings. The summed E-state index contributed by atoms with van der Waals surface area (Å²) in [7, 11) is 0. The number of hydrogen-bond donors (Lipinski definition) is 2. The molecule has 0 spiro atoms. The van der Waals surface area contributed by atoms with Gasteiger partial charge in [0.1, 0.15) is 0 Å². The predicted molar refractivity (Wildman–Crippen MR) is 48.6 cm³/mol. The second-order valence-corrected chi connectivity index (χ2v) is 2.68. The summed E-state index contributed by atoms with van der Waals surface area (Å²) in [5, 5.41) is 10.8. The molecule has 0 heterocycles. The third kappa shape index (κ3) is 5.53. The van der Waals surface area contributed by atoms with Gasteiger partial charge in [-0.25, -0.2) is 0 Å². The second kappa shape index (κ2) is 5.41. The van der Waals surface area contributed by atoms with Gasteiger partial charge in [0.15, 0.2) is 5.88 Å². The third-order valence-corrected chi connectivity index (χ3v) is 1.29. The first-order valence-electron chi connectivity index (χ1n) is 3.92. The SMILES string of the molecule is C=C(O)NC(=O)/C=C(\C)CCC. The van der Waals surface area contributed by atoms with E-state index in [0.717, 1.165) is 18.4 Å². The van der Waals surface area contributed by atoms with Crippen LogP contribution in [0.1, 0.15) is 26.7 Å². The molecule has 0 rings (SSSR count). The van der Waals surface area contributed by atoms with Crippen LogP contribution in [-0.2, 0) is 4.79 Å². The maximum Gasteiger partial charge on any atom is 0.250 e. The van der Waals surface area contributed by atoms with Crippen molar-refractivity contribution in [3.05, 3.63) is 24.1 Å². The van der Waals surface area contributed by atoms with Crippen LogP contribution in [0.2, 0.25) is 0 Å². The molecule has 0 bridgehead atoms. The van der Waals surface area contributed by atoms with Crippen molar-refractivity contribution in [1.29, 1.82) is 0 Å². The van der Waals surface area contributed by atoms with Gasteiger partial charge in [0, 0.05) is 6.08 Å². The van der Waals surface area contributed by atoms with E-state index in [1.54, 1.807) is 0 Å². The Bertz CT molecular complexity index is 207. The Kier molecular flexibility index (Phi) is 4.84. The maximum absolute atomic E-state index is 10.9. The fourth-order valence-electron chi connectivity index (χ4n) is 0.869. The zero-order valence-corrected chi connectivity index (χ0v) is 7.55. The third-order valence-electron chi connectivity index (χ3n) is 1.29. The molecule has 0 aliphatic rings. The van der Waals surface area contributed by atoms with Gasteiger partial charge in [0.05, 0.1) is 0 Å². The van der Waals surface area contributed by atoms with Crippen molar-refractivity contribution in [2.45, 2.75) is 26.7 Å². The van der Waals surface area contributed by atoms with Crippen molar-refractivity contribution in [3.63, 3.8) is 0 Å². The summed E-state index contributed by atoms with van der Waals surface area (Å²) in [5.74, 6) is -0.644. The Labute approximate surface area is 72.8 Å². The Morgan fingerprint density at radius 2 is 2.25 bits per heavy atom. The van der Waals surface area contributed by atoms with E-state index < -0.39 is 0 Å². The molecule has 3 heteroatoms. The number of nitrogens with one attached hydrogen (secondary N) is 1. The quantitative estimate of drug-likeness (QED) is 0.498. The number of amides is 1. The highest BCUT2D eigenvalue weighted by Gasteiger charge is 1.97. The standard InChI is InChI=1S/C9H15NO2/c1-4-5-7(2)6-9(12)10-8(3)11/h6,11H,3-5H2,1-2H3,(H,10,12)/b7-6+. The molecule has 12 heavy (non-hydrogen) atoms. The lowest BCUT2D eigenvalue weighted by Crippen LogP contribution is -2.19. The Balaban J connectivity index is 3.96. The average Bonchev–Trinajstić information content (AvgIpc) is 1.84. The minimum Gasteiger partial charge on any atom is -0.495 e. The molecule has 0 aromatic rings. The first-order valence-corrected chi connectivity index (χ1v) is 3.92. The molecule has 2 N–H and O–H groups in total. The molecular weight excluding hydrogens is 154 g/mol. The average molecular weight is 169 g/mol. The molecule has 0 unspecified atom stereocenters. The molecule has 0 radical (unpaired) electrons. The van der Waals surface area contributed by atoms with Crippen molar-refractivity contribution in [2.24, 2.45) is 0 Å². The molecule has 0 aromatic heterocycles. The minimum atomic E-state index is -0.326. The number of allylic oxidation sites excluding steroid dienone is 1. The monoisotopic (exact) mass is 169 g/mol. The van der Waals surface area contributed by atoms with E-state index in [2.05, 4.69) is 11.9 Å². The van der Waals surface area contributed by atoms with Crippen LogP contribution in [0.3, 0.4) is 0 Å². The molecule has 0 aliphatic carbocycles. The fraction of sp³-hybridized carbons (Fsp3) is 0.444. The van der Waals surface area contributed by atoms with Crippen LogP contribution in [0.15, 0.2) is 24.1 Å². The van der Waals surface area contributed by atoms with Gasteiger partial charge >= 0.3 is 0 Å². The van der Waals surface area contributed by atoms with E-state index in [1.165, 1.54) is 6.08 Å². The first-order chi connectivity index (χ1) is 5.56. The minimum absolute atomic E-state index is 0.319. The number of hydrogen-bond acceptors (Lipinski definition) is 2. The zero-order chi connectivity index (χ0) is 9.56. The topological polar surface area (TPSA) is 49.3 Å². The lowest BCUT2D eigenvalue weighted by Gasteiger charge is -1.99. The highest BCUT2D eigenvalue weighted by molar-refractivity contribution is 5.89. The second-order valence-electron chi connectivity index (χ2n) is 2.68. The number of aliphatic hydroxyl groups is 1. The number of carbonyl (C=O) groups excluding carboxylic acids is 1. The predicted octanol–water partition coefficient (Wildman–Crippen LogP) is 1.88. The van der Waals surface area contributed by atoms with Gasteiger partial charge in [-0.2, -0.15) is 0 Å². The van der Waals surface area contributed by atoms with Crippen LogP contribution >= 0.6 is 0 Å². The number of carbonyl (C=O) groups is 1. The molecule has 1 amide bonds. The van der Waals surface area contributed by atoms with Crippen LogP contribution < -0.4 is 5.32 Å². The Morgan fingerprint density at radius 3 is 2.67 bits per heavy atom. The molecule has 0 atom stereocenters. The van der Waals surface area contributed by atoms with Crippen LogP contribution in [0.25, 0.3) is 0 Å². The van der Waals surface area contributed by atoms with Gasteiger partial charge in [-0.1, -0.05) is 18.9 Å². The first kappa shape index (κ1) is 10.8. The highest BCUT2D eigenvalue weighted by Crippen LogP contribution is 2.01. The van der Waals surface area contributed by atoms with Gasteiger partial charge in [-0.3, -0.25) is 10.1 Å². The van der Waals surface area contributed by atoms with E-state index in [0.29, 0.717) is 0 Å². The van der Waals surface area contributed by atoms with E-state index in [-0.39, 0.29) is 11.8 Å². The summed E-state index contributed by atoms with van der Waals surface area (Å²) in [6, 6.07) is 0. The van der Waals surface area contributed by atoms with Crippen LogP contribution in [0, 0.1) is 0 Å². The molecule has 0 aromatic carbocycles. The van der Waals surface area contributed by atoms with E-state index in [1.807, 2.05) is 13.8 Å². The Morgan fingerprint density at radius 1 is 1.67 bits per heavy atom. The van der Waals surface area contributed by atoms with Crippen molar-refractivity contribution in [3.8, 4) is 0 Å². The summed E-state index contributed by atoms with van der Waals surface area (Å²) in [5.41, 5.74) is 0.997. The van der Waals surface area contributed by atoms with Crippen molar-refractivity contribution in [1.82, 2.24) is 5.32 Å². The van der Waals surface area contributed by atoms with Gasteiger partial charge in [-0.05, 0) is 19.9 Å². The van der Waals surface area contributed by atoms with E-state index >= 15 is 0 Å². The summed E-state index contributed by atoms with van der Waals surface area (Å²) < 4.78 is 0. The summed E-state index contributed by atoms with van der Waals surface area (Å²) in [6.07, 6.45) is 3.37. The van der Waals surface area contributed by atoms with E-state index in [9.17, 15) is 4.79 Å². The summed E-state index contributed by atoms with van der Waals surface area (Å²) >= 11 is 0. The molecule has 0 aliphatic heterocycles. The van der Waals surface area contributed by atoms with Crippen molar-refractivity contribution >= 4 is 5.91 Å². The number of aliphatic hydroxyl groups excluding tert-OH is 1. The van der Waals surface area contributed by atoms with Crippen molar-refractivity contribution in [2.75, 3.05) is 0 Å². The van der Waals surface area contributed by atoms with Crippen LogP contribution in [0.5, 0.6) is 0 Å². The fourth-order valence-corrected chi connectivity index (χ4v) is 0.869. The lowest BCUT2D eigenvalue weighted by molar-refractivity contribution is -0.116. The zero-order valence-electron chi connectivity index (χ0n) is 7.55. The molecule has 3 nitrogen and oxygen atoms in total. The van der Waals surface area contributed by atoms with Crippen LogP contribution in [0.4, 0.5) is 0 Å². The lowest BCUT2D eigenvalue weighted by atomic mass is 10.1. The summed E-state index contributed by atoms with van der Waals surface area (Å²) in [4.78, 5) is 10.9. The van der Waals surface area contributed by atoms with Gasteiger partial charge in [-0.15, -0.1) is 0 Å². The smallest absolute Gasteiger partial charge is 0.250 e. The van der Waals surface area contributed by atoms with Gasteiger partial charge in [0.25, 0.3) is 5.91 Å². The highest BCUT2D eigenvalue weighted by atomic mass is 16.3. The molecule has 68 valence electrons. The molecular formula is C9H15NO2. The largest absolute Gasteiger partial charge is 0.495 e. The molecule has 0 saturated carbocycles. The maximum atomic E-state index is 10.9. The molecule has 0 saturated heterocycles. The normalized spacial score (nSPS) is 11.0.